The number of ether oxygens (including phenoxy) is 2. The summed E-state index contributed by atoms with van der Waals surface area (Å²) in [5.74, 6) is 0.0474. The summed E-state index contributed by atoms with van der Waals surface area (Å²) >= 11 is 0. The van der Waals surface area contributed by atoms with Gasteiger partial charge in [0.15, 0.2) is 0 Å². The molecule has 140 valence electrons. The lowest BCUT2D eigenvalue weighted by molar-refractivity contribution is -0.119. The Kier molecular flexibility index (Phi) is 7.84. The van der Waals surface area contributed by atoms with E-state index in [0.717, 1.165) is 12.1 Å². The summed E-state index contributed by atoms with van der Waals surface area (Å²) in [6, 6.07) is 13.4. The lowest BCUT2D eigenvalue weighted by atomic mass is 10.2. The molecule has 1 fully saturated rings. The Bertz CT molecular complexity index is 723. The molecule has 1 saturated heterocycles. The minimum atomic E-state index is -0.335. The molecule has 0 spiro atoms. The van der Waals surface area contributed by atoms with Crippen molar-refractivity contribution in [3.63, 3.8) is 0 Å². The van der Waals surface area contributed by atoms with Crippen LogP contribution >= 0.6 is 12.4 Å². The van der Waals surface area contributed by atoms with Crippen molar-refractivity contribution in [2.75, 3.05) is 25.0 Å². The van der Waals surface area contributed by atoms with Gasteiger partial charge in [-0.2, -0.15) is 0 Å². The third kappa shape index (κ3) is 6.29. The van der Waals surface area contributed by atoms with E-state index in [9.17, 15) is 9.18 Å². The normalized spacial score (nSPS) is 16.4. The first-order chi connectivity index (χ1) is 12.2. The van der Waals surface area contributed by atoms with Gasteiger partial charge in [0.1, 0.15) is 18.2 Å². The van der Waals surface area contributed by atoms with Crippen LogP contribution < -0.4 is 15.4 Å². The molecule has 26 heavy (non-hydrogen) atoms. The topological polar surface area (TPSA) is 59.6 Å². The molecule has 0 aromatic heterocycles. The fourth-order valence-corrected chi connectivity index (χ4v) is 2.63. The van der Waals surface area contributed by atoms with Crippen LogP contribution in [0.5, 0.6) is 5.75 Å². The summed E-state index contributed by atoms with van der Waals surface area (Å²) in [4.78, 5) is 12.1. The maximum absolute atomic E-state index is 13.2. The van der Waals surface area contributed by atoms with Gasteiger partial charge in [-0.05, 0) is 29.8 Å². The minimum Gasteiger partial charge on any atom is -0.489 e. The van der Waals surface area contributed by atoms with Gasteiger partial charge in [-0.1, -0.05) is 18.2 Å². The van der Waals surface area contributed by atoms with Gasteiger partial charge >= 0.3 is 0 Å². The van der Waals surface area contributed by atoms with Crippen LogP contribution in [0.2, 0.25) is 0 Å². The van der Waals surface area contributed by atoms with Gasteiger partial charge in [0.2, 0.25) is 5.91 Å². The number of halogens is 2. The largest absolute Gasteiger partial charge is 0.489 e. The maximum Gasteiger partial charge on any atom is 0.227 e. The van der Waals surface area contributed by atoms with Gasteiger partial charge in [-0.3, -0.25) is 4.79 Å². The standard InChI is InChI=1S/C19H21FN2O3.ClH/c20-15-4-2-6-17(10-15)25-13-14-3-1-5-16(9-14)22-19(23)11-18-12-21-7-8-24-18;/h1-6,9-10,18,21H,7-8,11-13H2,(H,22,23);1H. The van der Waals surface area contributed by atoms with E-state index < -0.39 is 0 Å². The zero-order chi connectivity index (χ0) is 17.5. The zero-order valence-corrected chi connectivity index (χ0v) is 15.1. The van der Waals surface area contributed by atoms with Crippen molar-refractivity contribution in [3.8, 4) is 5.75 Å². The molecule has 0 bridgehead atoms. The molecule has 1 aliphatic rings. The average Bonchev–Trinajstić information content (AvgIpc) is 2.61. The molecule has 1 aliphatic heterocycles. The second-order valence-electron chi connectivity index (χ2n) is 5.90. The monoisotopic (exact) mass is 380 g/mol. The molecule has 5 nitrogen and oxygen atoms in total. The second-order valence-corrected chi connectivity index (χ2v) is 5.90. The average molecular weight is 381 g/mol. The first kappa shape index (κ1) is 20.2. The molecular weight excluding hydrogens is 359 g/mol. The molecule has 1 amide bonds. The number of anilines is 1. The highest BCUT2D eigenvalue weighted by atomic mass is 35.5. The van der Waals surface area contributed by atoms with Crippen molar-refractivity contribution in [2.45, 2.75) is 19.1 Å². The van der Waals surface area contributed by atoms with Crippen molar-refractivity contribution in [2.24, 2.45) is 0 Å². The Morgan fingerprint density at radius 3 is 2.88 bits per heavy atom. The smallest absolute Gasteiger partial charge is 0.227 e. The Labute approximate surface area is 158 Å². The van der Waals surface area contributed by atoms with Crippen molar-refractivity contribution in [1.29, 1.82) is 0 Å². The van der Waals surface area contributed by atoms with Gasteiger partial charge in [-0.25, -0.2) is 4.39 Å². The Balaban J connectivity index is 0.00000243. The van der Waals surface area contributed by atoms with E-state index in [-0.39, 0.29) is 30.2 Å². The predicted octanol–water partition coefficient (Wildman–Crippen LogP) is 3.14. The van der Waals surface area contributed by atoms with E-state index in [1.54, 1.807) is 12.1 Å². The fraction of sp³-hybridized carbons (Fsp3) is 0.316. The lowest BCUT2D eigenvalue weighted by Crippen LogP contribution is -2.40. The highest BCUT2D eigenvalue weighted by Crippen LogP contribution is 2.17. The van der Waals surface area contributed by atoms with Gasteiger partial charge in [0, 0.05) is 24.8 Å². The van der Waals surface area contributed by atoms with Crippen LogP contribution in [0.1, 0.15) is 12.0 Å². The number of morpholine rings is 1. The van der Waals surface area contributed by atoms with Gasteiger partial charge in [0.25, 0.3) is 0 Å². The molecule has 2 N–H and O–H groups in total. The molecule has 1 heterocycles. The summed E-state index contributed by atoms with van der Waals surface area (Å²) in [7, 11) is 0. The van der Waals surface area contributed by atoms with Crippen LogP contribution in [0.3, 0.4) is 0 Å². The van der Waals surface area contributed by atoms with Crippen LogP contribution in [-0.2, 0) is 16.1 Å². The number of hydrogen-bond donors (Lipinski definition) is 2. The molecule has 0 aliphatic carbocycles. The molecule has 2 aromatic rings. The van der Waals surface area contributed by atoms with Crippen molar-refractivity contribution >= 4 is 24.0 Å². The van der Waals surface area contributed by atoms with E-state index in [0.29, 0.717) is 37.6 Å². The summed E-state index contributed by atoms with van der Waals surface area (Å²) in [5.41, 5.74) is 1.59. The van der Waals surface area contributed by atoms with Crippen molar-refractivity contribution < 1.29 is 18.7 Å². The van der Waals surface area contributed by atoms with Crippen LogP contribution in [0.4, 0.5) is 10.1 Å². The van der Waals surface area contributed by atoms with E-state index in [1.807, 2.05) is 24.3 Å². The SMILES string of the molecule is Cl.O=C(CC1CNCCO1)Nc1cccc(COc2cccc(F)c2)c1. The quantitative estimate of drug-likeness (QED) is 0.808. The third-order valence-corrected chi connectivity index (χ3v) is 3.83. The predicted molar refractivity (Wildman–Crippen MR) is 100 cm³/mol. The van der Waals surface area contributed by atoms with Gasteiger partial charge < -0.3 is 20.1 Å². The first-order valence-corrected chi connectivity index (χ1v) is 8.28. The van der Waals surface area contributed by atoms with Crippen LogP contribution in [0.15, 0.2) is 48.5 Å². The highest BCUT2D eigenvalue weighted by Gasteiger charge is 2.17. The number of carbonyl (C=O) groups is 1. The summed E-state index contributed by atoms with van der Waals surface area (Å²) in [5, 5.41) is 6.08. The number of hydrogen-bond acceptors (Lipinski definition) is 4. The molecule has 0 saturated carbocycles. The Morgan fingerprint density at radius 2 is 2.12 bits per heavy atom. The summed E-state index contributed by atoms with van der Waals surface area (Å²) in [6.45, 7) is 2.44. The van der Waals surface area contributed by atoms with E-state index in [2.05, 4.69) is 10.6 Å². The third-order valence-electron chi connectivity index (χ3n) is 3.83. The van der Waals surface area contributed by atoms with Gasteiger partial charge in [0.05, 0.1) is 19.1 Å². The second kappa shape index (κ2) is 10.1. The molecular formula is C19H22ClFN2O3. The molecule has 3 rings (SSSR count). The Hall–Kier alpha value is -2.15. The highest BCUT2D eigenvalue weighted by molar-refractivity contribution is 5.91. The Morgan fingerprint density at radius 1 is 1.27 bits per heavy atom. The van der Waals surface area contributed by atoms with E-state index in [4.69, 9.17) is 9.47 Å². The molecule has 1 atom stereocenters. The van der Waals surface area contributed by atoms with Crippen LogP contribution in [0, 0.1) is 5.82 Å². The number of nitrogens with one attached hydrogen (secondary N) is 2. The number of rotatable bonds is 6. The van der Waals surface area contributed by atoms with Crippen LogP contribution in [-0.4, -0.2) is 31.7 Å². The molecule has 1 unspecified atom stereocenters. The number of carbonyl (C=O) groups excluding carboxylic acids is 1. The van der Waals surface area contributed by atoms with E-state index in [1.165, 1.54) is 12.1 Å². The lowest BCUT2D eigenvalue weighted by Gasteiger charge is -2.23. The molecule has 7 heteroatoms. The summed E-state index contributed by atoms with van der Waals surface area (Å²) < 4.78 is 24.3. The number of amides is 1. The maximum atomic E-state index is 13.2. The number of benzene rings is 2. The minimum absolute atomic E-state index is 0. The summed E-state index contributed by atoms with van der Waals surface area (Å²) in [6.07, 6.45) is 0.227. The van der Waals surface area contributed by atoms with Crippen molar-refractivity contribution in [1.82, 2.24) is 5.32 Å². The van der Waals surface area contributed by atoms with Gasteiger partial charge in [-0.15, -0.1) is 12.4 Å². The first-order valence-electron chi connectivity index (χ1n) is 8.28. The zero-order valence-electron chi connectivity index (χ0n) is 14.2. The van der Waals surface area contributed by atoms with E-state index >= 15 is 0 Å². The van der Waals surface area contributed by atoms with Crippen molar-refractivity contribution in [3.05, 3.63) is 59.9 Å². The fourth-order valence-electron chi connectivity index (χ4n) is 2.63. The molecule has 0 radical (unpaired) electrons. The van der Waals surface area contributed by atoms with Crippen LogP contribution in [0.25, 0.3) is 0 Å². The molecule has 2 aromatic carbocycles.